The van der Waals surface area contributed by atoms with E-state index in [-0.39, 0.29) is 0 Å². The quantitative estimate of drug-likeness (QED) is 0.564. The van der Waals surface area contributed by atoms with E-state index in [1.807, 2.05) is 0 Å². The van der Waals surface area contributed by atoms with Gasteiger partial charge in [-0.05, 0) is 23.7 Å². The summed E-state index contributed by atoms with van der Waals surface area (Å²) in [7, 11) is 0. The van der Waals surface area contributed by atoms with Gasteiger partial charge in [0.1, 0.15) is 0 Å². The molecule has 0 heteroatoms. The van der Waals surface area contributed by atoms with Gasteiger partial charge in [-0.3, -0.25) is 0 Å². The molecule has 0 nitrogen and oxygen atoms in total. The molecular formula is C11H22. The third-order valence-electron chi connectivity index (χ3n) is 4.47. The largest absolute Gasteiger partial charge is 0.0648 e. The summed E-state index contributed by atoms with van der Waals surface area (Å²) in [4.78, 5) is 0. The van der Waals surface area contributed by atoms with Crippen molar-refractivity contribution in [3.63, 3.8) is 0 Å². The van der Waals surface area contributed by atoms with Gasteiger partial charge in [-0.2, -0.15) is 0 Å². The monoisotopic (exact) mass is 154 g/mol. The Morgan fingerprint density at radius 3 is 1.55 bits per heavy atom. The minimum atomic E-state index is 0.641. The van der Waals surface area contributed by atoms with Crippen LogP contribution < -0.4 is 0 Å². The van der Waals surface area contributed by atoms with Gasteiger partial charge in [-0.15, -0.1) is 0 Å². The van der Waals surface area contributed by atoms with Gasteiger partial charge in [0.25, 0.3) is 0 Å². The zero-order valence-corrected chi connectivity index (χ0v) is 8.54. The Balaban J connectivity index is 2.79. The maximum Gasteiger partial charge on any atom is -0.0275 e. The highest BCUT2D eigenvalue weighted by molar-refractivity contribution is 4.95. The first kappa shape index (κ1) is 9.09. The maximum absolute atomic E-state index is 2.48. The molecule has 0 unspecified atom stereocenters. The van der Waals surface area contributed by atoms with Gasteiger partial charge in [0.2, 0.25) is 0 Å². The molecule has 1 aliphatic rings. The maximum atomic E-state index is 2.48. The van der Waals surface area contributed by atoms with E-state index in [4.69, 9.17) is 0 Å². The van der Waals surface area contributed by atoms with Crippen molar-refractivity contribution >= 4 is 0 Å². The van der Waals surface area contributed by atoms with Crippen LogP contribution in [0.5, 0.6) is 0 Å². The van der Waals surface area contributed by atoms with E-state index < -0.39 is 0 Å². The fourth-order valence-corrected chi connectivity index (χ4v) is 2.68. The summed E-state index contributed by atoms with van der Waals surface area (Å²) in [6.07, 6.45) is 7.07. The van der Waals surface area contributed by atoms with Crippen molar-refractivity contribution in [2.24, 2.45) is 10.8 Å². The Morgan fingerprint density at radius 2 is 1.27 bits per heavy atom. The van der Waals surface area contributed by atoms with Crippen LogP contribution in [0.15, 0.2) is 0 Å². The van der Waals surface area contributed by atoms with Crippen LogP contribution in [-0.4, -0.2) is 0 Å². The Morgan fingerprint density at radius 1 is 0.909 bits per heavy atom. The molecule has 0 N–H and O–H groups in total. The average molecular weight is 154 g/mol. The van der Waals surface area contributed by atoms with Crippen molar-refractivity contribution < 1.29 is 0 Å². The average Bonchev–Trinajstić information content (AvgIpc) is 2.31. The normalized spacial score (nSPS) is 44.7. The number of hydrogen-bond donors (Lipinski definition) is 0. The van der Waals surface area contributed by atoms with Gasteiger partial charge in [0.05, 0.1) is 0 Å². The summed E-state index contributed by atoms with van der Waals surface area (Å²) in [6.45, 7) is 9.64. The highest BCUT2D eigenvalue weighted by Crippen LogP contribution is 2.56. The molecule has 0 amide bonds. The topological polar surface area (TPSA) is 0 Å². The summed E-state index contributed by atoms with van der Waals surface area (Å²) >= 11 is 0. The van der Waals surface area contributed by atoms with Crippen molar-refractivity contribution in [3.05, 3.63) is 0 Å². The van der Waals surface area contributed by atoms with Gasteiger partial charge in [0, 0.05) is 0 Å². The SMILES string of the molecule is CC[C@@]1(C)CCC[C@@]1(C)CC. The van der Waals surface area contributed by atoms with Crippen molar-refractivity contribution in [2.45, 2.75) is 59.8 Å². The Hall–Kier alpha value is 0. The lowest BCUT2D eigenvalue weighted by Gasteiger charge is -2.40. The lowest BCUT2D eigenvalue weighted by Crippen LogP contribution is -2.30. The molecule has 2 atom stereocenters. The van der Waals surface area contributed by atoms with Gasteiger partial charge >= 0.3 is 0 Å². The smallest absolute Gasteiger partial charge is 0.0275 e. The lowest BCUT2D eigenvalue weighted by atomic mass is 9.65. The van der Waals surface area contributed by atoms with Crippen molar-refractivity contribution in [1.82, 2.24) is 0 Å². The minimum absolute atomic E-state index is 0.641. The van der Waals surface area contributed by atoms with Crippen LogP contribution in [0, 0.1) is 10.8 Å². The molecule has 0 saturated heterocycles. The van der Waals surface area contributed by atoms with Crippen LogP contribution in [-0.2, 0) is 0 Å². The predicted octanol–water partition coefficient (Wildman–Crippen LogP) is 4.00. The second-order valence-corrected chi connectivity index (χ2v) is 4.68. The molecular weight excluding hydrogens is 132 g/mol. The van der Waals surface area contributed by atoms with Gasteiger partial charge in [-0.1, -0.05) is 47.0 Å². The second-order valence-electron chi connectivity index (χ2n) is 4.68. The summed E-state index contributed by atoms with van der Waals surface area (Å²) in [5.41, 5.74) is 1.28. The van der Waals surface area contributed by atoms with E-state index in [0.717, 1.165) is 0 Å². The summed E-state index contributed by atoms with van der Waals surface area (Å²) in [5.74, 6) is 0. The zero-order chi connectivity index (χ0) is 8.54. The molecule has 1 rings (SSSR count). The molecule has 0 spiro atoms. The number of hydrogen-bond acceptors (Lipinski definition) is 0. The molecule has 0 bridgehead atoms. The van der Waals surface area contributed by atoms with Crippen LogP contribution in [0.2, 0.25) is 0 Å². The molecule has 1 saturated carbocycles. The first-order valence-corrected chi connectivity index (χ1v) is 5.08. The van der Waals surface area contributed by atoms with E-state index in [1.54, 1.807) is 0 Å². The molecule has 0 aliphatic heterocycles. The van der Waals surface area contributed by atoms with E-state index in [2.05, 4.69) is 27.7 Å². The fraction of sp³-hybridized carbons (Fsp3) is 1.00. The standard InChI is InChI=1S/C11H22/c1-5-10(3)8-7-9-11(10,4)6-2/h5-9H2,1-4H3/t10-,11+. The first-order valence-electron chi connectivity index (χ1n) is 5.08. The van der Waals surface area contributed by atoms with Crippen LogP contribution in [0.25, 0.3) is 0 Å². The third kappa shape index (κ3) is 1.21. The predicted molar refractivity (Wildman–Crippen MR) is 50.6 cm³/mol. The molecule has 1 fully saturated rings. The summed E-state index contributed by atoms with van der Waals surface area (Å²) in [5, 5.41) is 0. The Labute approximate surface area is 71.4 Å². The van der Waals surface area contributed by atoms with E-state index in [0.29, 0.717) is 10.8 Å². The summed E-state index contributed by atoms with van der Waals surface area (Å²) in [6, 6.07) is 0. The van der Waals surface area contributed by atoms with Gasteiger partial charge in [-0.25, -0.2) is 0 Å². The van der Waals surface area contributed by atoms with Crippen molar-refractivity contribution in [2.75, 3.05) is 0 Å². The molecule has 0 heterocycles. The fourth-order valence-electron chi connectivity index (χ4n) is 2.68. The van der Waals surface area contributed by atoms with Gasteiger partial charge < -0.3 is 0 Å². The van der Waals surface area contributed by atoms with Crippen LogP contribution in [0.4, 0.5) is 0 Å². The highest BCUT2D eigenvalue weighted by atomic mass is 14.5. The highest BCUT2D eigenvalue weighted by Gasteiger charge is 2.45. The molecule has 0 aromatic carbocycles. The Bertz CT molecular complexity index is 123. The molecule has 66 valence electrons. The third-order valence-corrected chi connectivity index (χ3v) is 4.47. The molecule has 0 radical (unpaired) electrons. The molecule has 0 aromatic heterocycles. The van der Waals surface area contributed by atoms with E-state index in [9.17, 15) is 0 Å². The van der Waals surface area contributed by atoms with Crippen LogP contribution in [0.3, 0.4) is 0 Å². The van der Waals surface area contributed by atoms with E-state index in [1.165, 1.54) is 32.1 Å². The molecule has 0 aromatic rings. The van der Waals surface area contributed by atoms with E-state index >= 15 is 0 Å². The summed E-state index contributed by atoms with van der Waals surface area (Å²) < 4.78 is 0. The zero-order valence-electron chi connectivity index (χ0n) is 8.54. The van der Waals surface area contributed by atoms with Crippen molar-refractivity contribution in [3.8, 4) is 0 Å². The van der Waals surface area contributed by atoms with Gasteiger partial charge in [0.15, 0.2) is 0 Å². The van der Waals surface area contributed by atoms with Crippen LogP contribution in [0.1, 0.15) is 59.8 Å². The number of rotatable bonds is 2. The lowest BCUT2D eigenvalue weighted by molar-refractivity contribution is 0.0998. The second kappa shape index (κ2) is 2.80. The minimum Gasteiger partial charge on any atom is -0.0648 e. The van der Waals surface area contributed by atoms with Crippen molar-refractivity contribution in [1.29, 1.82) is 0 Å². The van der Waals surface area contributed by atoms with Crippen LogP contribution >= 0.6 is 0 Å². The molecule has 1 aliphatic carbocycles. The Kier molecular flexibility index (Phi) is 2.32. The first-order chi connectivity index (χ1) is 5.08. The molecule has 11 heavy (non-hydrogen) atoms.